The number of hydrogen-bond acceptors (Lipinski definition) is 2. The van der Waals surface area contributed by atoms with Crippen LogP contribution in [0.2, 0.25) is 0 Å². The molecule has 1 aliphatic carbocycles. The SMILES string of the molecule is O=C(Nc1ccccc1)[C@H]1CCCN(C(=O)CCC2CCCC2)C1. The molecule has 2 fully saturated rings. The van der Waals surface area contributed by atoms with E-state index in [2.05, 4.69) is 5.32 Å². The molecule has 2 aliphatic rings. The van der Waals surface area contributed by atoms with E-state index in [0.29, 0.717) is 13.0 Å². The van der Waals surface area contributed by atoms with Crippen molar-refractivity contribution in [2.24, 2.45) is 11.8 Å². The third-order valence-corrected chi connectivity index (χ3v) is 5.43. The molecule has 1 atom stereocenters. The van der Waals surface area contributed by atoms with E-state index >= 15 is 0 Å². The summed E-state index contributed by atoms with van der Waals surface area (Å²) in [6, 6.07) is 9.54. The summed E-state index contributed by atoms with van der Waals surface area (Å²) >= 11 is 0. The number of rotatable bonds is 5. The molecule has 130 valence electrons. The molecule has 1 heterocycles. The second kappa shape index (κ2) is 8.32. The minimum atomic E-state index is -0.0885. The van der Waals surface area contributed by atoms with E-state index in [-0.39, 0.29) is 17.7 Å². The standard InChI is InChI=1S/C20H28N2O2/c23-19(13-12-16-7-4-5-8-16)22-14-6-9-17(15-22)20(24)21-18-10-2-1-3-11-18/h1-3,10-11,16-17H,4-9,12-15H2,(H,21,24)/t17-/m0/s1. The average Bonchev–Trinajstić information content (AvgIpc) is 3.14. The first kappa shape index (κ1) is 17.0. The van der Waals surface area contributed by atoms with Crippen LogP contribution >= 0.6 is 0 Å². The minimum Gasteiger partial charge on any atom is -0.342 e. The smallest absolute Gasteiger partial charge is 0.229 e. The Kier molecular flexibility index (Phi) is 5.89. The van der Waals surface area contributed by atoms with E-state index in [1.165, 1.54) is 25.7 Å². The Labute approximate surface area is 144 Å². The van der Waals surface area contributed by atoms with E-state index in [1.807, 2.05) is 35.2 Å². The quantitative estimate of drug-likeness (QED) is 0.893. The number of hydrogen-bond donors (Lipinski definition) is 1. The summed E-state index contributed by atoms with van der Waals surface area (Å²) in [5.74, 6) is 0.930. The van der Waals surface area contributed by atoms with Gasteiger partial charge in [0.2, 0.25) is 11.8 Å². The monoisotopic (exact) mass is 328 g/mol. The highest BCUT2D eigenvalue weighted by Crippen LogP contribution is 2.29. The predicted octanol–water partition coefficient (Wildman–Crippen LogP) is 3.83. The maximum absolute atomic E-state index is 12.5. The van der Waals surface area contributed by atoms with Crippen molar-refractivity contribution in [3.63, 3.8) is 0 Å². The topological polar surface area (TPSA) is 49.4 Å². The zero-order valence-electron chi connectivity index (χ0n) is 14.4. The van der Waals surface area contributed by atoms with Crippen LogP contribution in [-0.2, 0) is 9.59 Å². The highest BCUT2D eigenvalue weighted by Gasteiger charge is 2.28. The van der Waals surface area contributed by atoms with Crippen LogP contribution in [0.3, 0.4) is 0 Å². The molecule has 1 N–H and O–H groups in total. The largest absolute Gasteiger partial charge is 0.342 e. The van der Waals surface area contributed by atoms with Crippen molar-refractivity contribution in [1.82, 2.24) is 4.90 Å². The van der Waals surface area contributed by atoms with Crippen molar-refractivity contribution in [2.45, 2.75) is 51.4 Å². The van der Waals surface area contributed by atoms with Gasteiger partial charge in [0.1, 0.15) is 0 Å². The van der Waals surface area contributed by atoms with Gasteiger partial charge in [-0.15, -0.1) is 0 Å². The fraction of sp³-hybridized carbons (Fsp3) is 0.600. The van der Waals surface area contributed by atoms with Crippen molar-refractivity contribution in [1.29, 1.82) is 0 Å². The van der Waals surface area contributed by atoms with Gasteiger partial charge in [-0.3, -0.25) is 9.59 Å². The zero-order chi connectivity index (χ0) is 16.8. The average molecular weight is 328 g/mol. The number of amides is 2. The normalized spacial score (nSPS) is 21.7. The fourth-order valence-electron chi connectivity index (χ4n) is 3.97. The molecule has 1 aromatic rings. The highest BCUT2D eigenvalue weighted by atomic mass is 16.2. The van der Waals surface area contributed by atoms with Crippen molar-refractivity contribution < 1.29 is 9.59 Å². The van der Waals surface area contributed by atoms with Gasteiger partial charge in [-0.25, -0.2) is 0 Å². The molecule has 1 aromatic carbocycles. The van der Waals surface area contributed by atoms with E-state index in [1.54, 1.807) is 0 Å². The van der Waals surface area contributed by atoms with Crippen molar-refractivity contribution in [3.05, 3.63) is 30.3 Å². The van der Waals surface area contributed by atoms with Crippen LogP contribution in [0.25, 0.3) is 0 Å². The molecule has 1 saturated carbocycles. The summed E-state index contributed by atoms with van der Waals surface area (Å²) in [5, 5.41) is 2.97. The summed E-state index contributed by atoms with van der Waals surface area (Å²) in [6.07, 6.45) is 8.68. The van der Waals surface area contributed by atoms with Gasteiger partial charge in [0.05, 0.1) is 5.92 Å². The van der Waals surface area contributed by atoms with Crippen LogP contribution in [-0.4, -0.2) is 29.8 Å². The Morgan fingerprint density at radius 3 is 2.54 bits per heavy atom. The van der Waals surface area contributed by atoms with Gasteiger partial charge in [0.15, 0.2) is 0 Å². The lowest BCUT2D eigenvalue weighted by molar-refractivity contribution is -0.134. The summed E-state index contributed by atoms with van der Waals surface area (Å²) in [4.78, 5) is 26.8. The Morgan fingerprint density at radius 2 is 1.79 bits per heavy atom. The maximum Gasteiger partial charge on any atom is 0.229 e. The molecule has 0 aromatic heterocycles. The Balaban J connectivity index is 1.48. The number of carbonyl (C=O) groups is 2. The molecule has 0 bridgehead atoms. The molecule has 0 unspecified atom stereocenters. The lowest BCUT2D eigenvalue weighted by atomic mass is 9.95. The number of benzene rings is 1. The highest BCUT2D eigenvalue weighted by molar-refractivity contribution is 5.93. The predicted molar refractivity (Wildman–Crippen MR) is 95.6 cm³/mol. The van der Waals surface area contributed by atoms with Crippen LogP contribution in [0.4, 0.5) is 5.69 Å². The van der Waals surface area contributed by atoms with Gasteiger partial charge in [-0.05, 0) is 37.3 Å². The van der Waals surface area contributed by atoms with Gasteiger partial charge in [0.25, 0.3) is 0 Å². The van der Waals surface area contributed by atoms with Crippen LogP contribution in [0.5, 0.6) is 0 Å². The molecule has 24 heavy (non-hydrogen) atoms. The van der Waals surface area contributed by atoms with Crippen LogP contribution in [0, 0.1) is 11.8 Å². The molecule has 1 saturated heterocycles. The third-order valence-electron chi connectivity index (χ3n) is 5.43. The maximum atomic E-state index is 12.5. The molecule has 3 rings (SSSR count). The van der Waals surface area contributed by atoms with E-state index in [4.69, 9.17) is 0 Å². The summed E-state index contributed by atoms with van der Waals surface area (Å²) in [5.41, 5.74) is 0.826. The molecular formula is C20H28N2O2. The first-order valence-corrected chi connectivity index (χ1v) is 9.36. The lowest BCUT2D eigenvalue weighted by Crippen LogP contribution is -2.43. The van der Waals surface area contributed by atoms with E-state index < -0.39 is 0 Å². The summed E-state index contributed by atoms with van der Waals surface area (Å²) in [6.45, 7) is 1.38. The molecule has 0 spiro atoms. The lowest BCUT2D eigenvalue weighted by Gasteiger charge is -2.32. The Morgan fingerprint density at radius 1 is 1.04 bits per heavy atom. The molecule has 2 amide bonds. The van der Waals surface area contributed by atoms with Crippen LogP contribution in [0.15, 0.2) is 30.3 Å². The van der Waals surface area contributed by atoms with Crippen molar-refractivity contribution in [3.8, 4) is 0 Å². The van der Waals surface area contributed by atoms with Gasteiger partial charge in [-0.1, -0.05) is 43.9 Å². The first-order valence-electron chi connectivity index (χ1n) is 9.36. The fourth-order valence-corrected chi connectivity index (χ4v) is 3.97. The second-order valence-corrected chi connectivity index (χ2v) is 7.22. The summed E-state index contributed by atoms with van der Waals surface area (Å²) < 4.78 is 0. The Hall–Kier alpha value is -1.84. The number of nitrogens with zero attached hydrogens (tertiary/aromatic N) is 1. The Bertz CT molecular complexity index is 552. The third kappa shape index (κ3) is 4.59. The molecule has 4 nitrogen and oxygen atoms in total. The number of carbonyl (C=O) groups excluding carboxylic acids is 2. The molecular weight excluding hydrogens is 300 g/mol. The van der Waals surface area contributed by atoms with Gasteiger partial charge in [-0.2, -0.15) is 0 Å². The number of likely N-dealkylation sites (tertiary alicyclic amines) is 1. The minimum absolute atomic E-state index is 0.0366. The van der Waals surface area contributed by atoms with Crippen LogP contribution < -0.4 is 5.32 Å². The molecule has 1 aliphatic heterocycles. The van der Waals surface area contributed by atoms with Crippen LogP contribution in [0.1, 0.15) is 51.4 Å². The zero-order valence-corrected chi connectivity index (χ0v) is 14.4. The van der Waals surface area contributed by atoms with Gasteiger partial charge in [0, 0.05) is 25.2 Å². The van der Waals surface area contributed by atoms with Gasteiger partial charge >= 0.3 is 0 Å². The van der Waals surface area contributed by atoms with Gasteiger partial charge < -0.3 is 10.2 Å². The van der Waals surface area contributed by atoms with Crippen molar-refractivity contribution >= 4 is 17.5 Å². The number of anilines is 1. The first-order chi connectivity index (χ1) is 11.7. The van der Waals surface area contributed by atoms with Crippen molar-refractivity contribution in [2.75, 3.05) is 18.4 Å². The second-order valence-electron chi connectivity index (χ2n) is 7.22. The summed E-state index contributed by atoms with van der Waals surface area (Å²) in [7, 11) is 0. The number of para-hydroxylation sites is 1. The van der Waals surface area contributed by atoms with E-state index in [9.17, 15) is 9.59 Å². The molecule has 4 heteroatoms. The number of nitrogens with one attached hydrogen (secondary N) is 1. The van der Waals surface area contributed by atoms with E-state index in [0.717, 1.165) is 37.4 Å². The number of piperidine rings is 1. The molecule has 0 radical (unpaired) electrons.